The molecule has 0 spiro atoms. The number of rotatable bonds is 6. The highest BCUT2D eigenvalue weighted by Crippen LogP contribution is 2.29. The van der Waals surface area contributed by atoms with E-state index >= 15 is 0 Å². The van der Waals surface area contributed by atoms with Crippen molar-refractivity contribution in [3.05, 3.63) is 100 Å². The van der Waals surface area contributed by atoms with Crippen LogP contribution < -0.4 is 15.0 Å². The molecule has 5 nitrogen and oxygen atoms in total. The topological polar surface area (TPSA) is 64.2 Å². The van der Waals surface area contributed by atoms with Gasteiger partial charge in [0.15, 0.2) is 11.5 Å². The number of aromatic nitrogens is 2. The van der Waals surface area contributed by atoms with E-state index in [1.807, 2.05) is 72.8 Å². The lowest BCUT2D eigenvalue weighted by Gasteiger charge is -2.11. The van der Waals surface area contributed by atoms with Gasteiger partial charge in [0.1, 0.15) is 12.4 Å². The first kappa shape index (κ1) is 18.5. The Hall–Kier alpha value is -3.86. The summed E-state index contributed by atoms with van der Waals surface area (Å²) in [6.45, 7) is 0.448. The van der Waals surface area contributed by atoms with E-state index in [1.165, 1.54) is 0 Å². The van der Waals surface area contributed by atoms with Gasteiger partial charge in [0.05, 0.1) is 18.0 Å². The first-order chi connectivity index (χ1) is 14.2. The second kappa shape index (κ2) is 8.44. The van der Waals surface area contributed by atoms with Crippen LogP contribution in [0, 0.1) is 0 Å². The van der Waals surface area contributed by atoms with Gasteiger partial charge in [-0.15, -0.1) is 0 Å². The summed E-state index contributed by atoms with van der Waals surface area (Å²) in [5.74, 6) is 1.81. The standard InChI is InChI=1S/C24H20N2O3/c1-28-21-13-11-17(15-22(21)29-16-18-7-3-2-4-8-18)12-14-23-25-20-10-6-5-9-19(20)24(27)26-23/h2-15H,16H2,1H3,(H,25,26,27). The molecular weight excluding hydrogens is 364 g/mol. The van der Waals surface area contributed by atoms with Crippen molar-refractivity contribution in [2.75, 3.05) is 7.11 Å². The summed E-state index contributed by atoms with van der Waals surface area (Å²) in [6.07, 6.45) is 3.65. The van der Waals surface area contributed by atoms with Crippen LogP contribution in [-0.4, -0.2) is 17.1 Å². The molecule has 144 valence electrons. The van der Waals surface area contributed by atoms with Gasteiger partial charge in [0.2, 0.25) is 0 Å². The third kappa shape index (κ3) is 4.35. The predicted octanol–water partition coefficient (Wildman–Crippen LogP) is 4.68. The molecule has 29 heavy (non-hydrogen) atoms. The minimum Gasteiger partial charge on any atom is -0.493 e. The maximum absolute atomic E-state index is 12.2. The number of benzene rings is 3. The van der Waals surface area contributed by atoms with Gasteiger partial charge in [0.25, 0.3) is 5.56 Å². The van der Waals surface area contributed by atoms with Gasteiger partial charge in [-0.3, -0.25) is 4.79 Å². The van der Waals surface area contributed by atoms with Crippen LogP contribution in [0.3, 0.4) is 0 Å². The van der Waals surface area contributed by atoms with Crippen molar-refractivity contribution in [1.29, 1.82) is 0 Å². The summed E-state index contributed by atoms with van der Waals surface area (Å²) >= 11 is 0. The highest BCUT2D eigenvalue weighted by atomic mass is 16.5. The summed E-state index contributed by atoms with van der Waals surface area (Å²) in [5, 5.41) is 0.575. The van der Waals surface area contributed by atoms with Crippen LogP contribution in [0.15, 0.2) is 77.6 Å². The molecule has 1 N–H and O–H groups in total. The molecule has 0 unspecified atom stereocenters. The van der Waals surface area contributed by atoms with Crippen LogP contribution in [0.25, 0.3) is 23.1 Å². The number of hydrogen-bond donors (Lipinski definition) is 1. The Morgan fingerprint density at radius 3 is 2.55 bits per heavy atom. The summed E-state index contributed by atoms with van der Waals surface area (Å²) in [6, 6.07) is 22.9. The molecule has 0 saturated carbocycles. The molecule has 0 bridgehead atoms. The SMILES string of the molecule is COc1ccc(C=Cc2nc3ccccc3c(=O)[nH]2)cc1OCc1ccccc1. The molecule has 4 aromatic rings. The Bertz CT molecular complexity index is 1210. The Balaban J connectivity index is 1.58. The molecule has 0 amide bonds. The largest absolute Gasteiger partial charge is 0.493 e. The fraction of sp³-hybridized carbons (Fsp3) is 0.0833. The van der Waals surface area contributed by atoms with Crippen molar-refractivity contribution in [2.45, 2.75) is 6.61 Å². The molecule has 5 heteroatoms. The molecule has 0 fully saturated rings. The first-order valence-corrected chi connectivity index (χ1v) is 9.25. The minimum absolute atomic E-state index is 0.156. The van der Waals surface area contributed by atoms with Crippen LogP contribution >= 0.6 is 0 Å². The zero-order valence-corrected chi connectivity index (χ0v) is 16.0. The van der Waals surface area contributed by atoms with Crippen molar-refractivity contribution in [1.82, 2.24) is 9.97 Å². The molecule has 0 aliphatic carbocycles. The molecule has 0 saturated heterocycles. The van der Waals surface area contributed by atoms with Gasteiger partial charge in [-0.2, -0.15) is 0 Å². The number of para-hydroxylation sites is 1. The lowest BCUT2D eigenvalue weighted by Crippen LogP contribution is -2.09. The number of hydrogen-bond acceptors (Lipinski definition) is 4. The molecular formula is C24H20N2O3. The smallest absolute Gasteiger partial charge is 0.259 e. The second-order valence-corrected chi connectivity index (χ2v) is 6.49. The van der Waals surface area contributed by atoms with Crippen LogP contribution in [-0.2, 0) is 6.61 Å². The Morgan fingerprint density at radius 2 is 1.72 bits per heavy atom. The zero-order chi connectivity index (χ0) is 20.1. The van der Waals surface area contributed by atoms with Crippen molar-refractivity contribution < 1.29 is 9.47 Å². The Morgan fingerprint density at radius 1 is 0.931 bits per heavy atom. The van der Waals surface area contributed by atoms with E-state index in [0.29, 0.717) is 34.8 Å². The maximum Gasteiger partial charge on any atom is 0.259 e. The molecule has 0 atom stereocenters. The zero-order valence-electron chi connectivity index (χ0n) is 16.0. The molecule has 1 heterocycles. The first-order valence-electron chi connectivity index (χ1n) is 9.25. The van der Waals surface area contributed by atoms with E-state index < -0.39 is 0 Å². The molecule has 0 aliphatic rings. The number of nitrogens with one attached hydrogen (secondary N) is 1. The summed E-state index contributed by atoms with van der Waals surface area (Å²) < 4.78 is 11.4. The average Bonchev–Trinajstić information content (AvgIpc) is 2.77. The van der Waals surface area contributed by atoms with Crippen molar-refractivity contribution in [3.63, 3.8) is 0 Å². The van der Waals surface area contributed by atoms with Gasteiger partial charge >= 0.3 is 0 Å². The fourth-order valence-corrected chi connectivity index (χ4v) is 3.00. The van der Waals surface area contributed by atoms with Crippen LogP contribution in [0.1, 0.15) is 17.0 Å². The molecule has 4 rings (SSSR count). The van der Waals surface area contributed by atoms with Crippen LogP contribution in [0.2, 0.25) is 0 Å². The normalized spacial score (nSPS) is 11.1. The molecule has 3 aromatic carbocycles. The summed E-state index contributed by atoms with van der Waals surface area (Å²) in [5.41, 5.74) is 2.49. The van der Waals surface area contributed by atoms with Gasteiger partial charge in [0, 0.05) is 0 Å². The number of ether oxygens (including phenoxy) is 2. The Labute approximate surface area is 168 Å². The third-order valence-electron chi connectivity index (χ3n) is 4.49. The van der Waals surface area contributed by atoms with Gasteiger partial charge in [-0.1, -0.05) is 54.6 Å². The van der Waals surface area contributed by atoms with Gasteiger partial charge in [-0.05, 0) is 41.5 Å². The monoisotopic (exact) mass is 384 g/mol. The maximum atomic E-state index is 12.2. The quantitative estimate of drug-likeness (QED) is 0.524. The van der Waals surface area contributed by atoms with E-state index in [2.05, 4.69) is 9.97 Å². The van der Waals surface area contributed by atoms with E-state index in [-0.39, 0.29) is 5.56 Å². The average molecular weight is 384 g/mol. The highest BCUT2D eigenvalue weighted by molar-refractivity contribution is 5.79. The number of aromatic amines is 1. The fourth-order valence-electron chi connectivity index (χ4n) is 3.00. The van der Waals surface area contributed by atoms with Crippen LogP contribution in [0.4, 0.5) is 0 Å². The summed E-state index contributed by atoms with van der Waals surface area (Å²) in [7, 11) is 1.62. The third-order valence-corrected chi connectivity index (χ3v) is 4.49. The number of nitrogens with zero attached hydrogens (tertiary/aromatic N) is 1. The summed E-state index contributed by atoms with van der Waals surface area (Å²) in [4.78, 5) is 19.5. The molecule has 0 aliphatic heterocycles. The van der Waals surface area contributed by atoms with E-state index in [9.17, 15) is 4.79 Å². The van der Waals surface area contributed by atoms with Crippen molar-refractivity contribution in [3.8, 4) is 11.5 Å². The lowest BCUT2D eigenvalue weighted by atomic mass is 10.1. The van der Waals surface area contributed by atoms with E-state index in [1.54, 1.807) is 19.3 Å². The Kier molecular flexibility index (Phi) is 5.38. The predicted molar refractivity (Wildman–Crippen MR) is 115 cm³/mol. The second-order valence-electron chi connectivity index (χ2n) is 6.49. The molecule has 0 radical (unpaired) electrons. The van der Waals surface area contributed by atoms with Crippen molar-refractivity contribution >= 4 is 23.1 Å². The van der Waals surface area contributed by atoms with E-state index in [0.717, 1.165) is 11.1 Å². The highest BCUT2D eigenvalue weighted by Gasteiger charge is 2.06. The van der Waals surface area contributed by atoms with Gasteiger partial charge in [-0.25, -0.2) is 4.98 Å². The number of methoxy groups -OCH3 is 1. The lowest BCUT2D eigenvalue weighted by molar-refractivity contribution is 0.284. The molecule has 1 aromatic heterocycles. The number of H-pyrrole nitrogens is 1. The van der Waals surface area contributed by atoms with Gasteiger partial charge < -0.3 is 14.5 Å². The van der Waals surface area contributed by atoms with Crippen LogP contribution in [0.5, 0.6) is 11.5 Å². The minimum atomic E-state index is -0.156. The van der Waals surface area contributed by atoms with Crippen molar-refractivity contribution in [2.24, 2.45) is 0 Å². The van der Waals surface area contributed by atoms with E-state index in [4.69, 9.17) is 9.47 Å². The number of fused-ring (bicyclic) bond motifs is 1.